The number of nitrogens with zero attached hydrogens (tertiary/aromatic N) is 3. The molecule has 0 aliphatic carbocycles. The van der Waals surface area contributed by atoms with E-state index in [4.69, 9.17) is 4.74 Å². The van der Waals surface area contributed by atoms with Crippen LogP contribution in [0.3, 0.4) is 0 Å². The van der Waals surface area contributed by atoms with Crippen LogP contribution in [0, 0.1) is 5.41 Å². The van der Waals surface area contributed by atoms with Gasteiger partial charge in [-0.2, -0.15) is 0 Å². The molecule has 0 bridgehead atoms. The van der Waals surface area contributed by atoms with Crippen molar-refractivity contribution in [3.8, 4) is 0 Å². The van der Waals surface area contributed by atoms with Crippen molar-refractivity contribution in [2.45, 2.75) is 19.4 Å². The Morgan fingerprint density at radius 1 is 1.25 bits per heavy atom. The van der Waals surface area contributed by atoms with Crippen LogP contribution in [0.2, 0.25) is 0 Å². The number of hydrogen-bond donors (Lipinski definition) is 2. The van der Waals surface area contributed by atoms with Crippen molar-refractivity contribution < 1.29 is 9.53 Å². The van der Waals surface area contributed by atoms with Gasteiger partial charge in [0.1, 0.15) is 12.2 Å². The summed E-state index contributed by atoms with van der Waals surface area (Å²) < 4.78 is 9.47. The van der Waals surface area contributed by atoms with Crippen LogP contribution in [0.5, 0.6) is 0 Å². The minimum atomic E-state index is -0.415. The summed E-state index contributed by atoms with van der Waals surface area (Å²) >= 11 is 0. The molecule has 156 valence electrons. The molecule has 28 heavy (non-hydrogen) atoms. The standard InChI is InChI=1S/C18H27N5O4.ClH/c1-21-15-13(16(25)22(2)17(21)26)4-9-23(15)10-14(24)20-11-18(12-27-3)5-7-19-8-6-18;/h4,9,19H,5-8,10-12H2,1-3H3,(H,20,24);1H. The van der Waals surface area contributed by atoms with Crippen molar-refractivity contribution in [1.82, 2.24) is 24.3 Å². The van der Waals surface area contributed by atoms with Crippen molar-refractivity contribution in [2.24, 2.45) is 19.5 Å². The number of rotatable bonds is 6. The van der Waals surface area contributed by atoms with Crippen LogP contribution >= 0.6 is 12.4 Å². The van der Waals surface area contributed by atoms with E-state index in [0.717, 1.165) is 30.5 Å². The molecule has 0 aromatic carbocycles. The minimum absolute atomic E-state index is 0. The molecular formula is C18H28ClN5O4. The maximum absolute atomic E-state index is 12.5. The Morgan fingerprint density at radius 2 is 1.93 bits per heavy atom. The second-order valence-electron chi connectivity index (χ2n) is 7.35. The number of carbonyl (C=O) groups excluding carboxylic acids is 1. The second-order valence-corrected chi connectivity index (χ2v) is 7.35. The van der Waals surface area contributed by atoms with Gasteiger partial charge in [0.2, 0.25) is 5.91 Å². The molecule has 0 saturated carbocycles. The number of aryl methyl sites for hydroxylation is 1. The number of nitrogens with one attached hydrogen (secondary N) is 2. The number of methoxy groups -OCH3 is 1. The van der Waals surface area contributed by atoms with Crippen LogP contribution in [0.15, 0.2) is 21.9 Å². The lowest BCUT2D eigenvalue weighted by Crippen LogP contribution is -2.47. The molecule has 3 rings (SSSR count). The van der Waals surface area contributed by atoms with Gasteiger partial charge in [-0.1, -0.05) is 0 Å². The summed E-state index contributed by atoms with van der Waals surface area (Å²) in [6.07, 6.45) is 3.55. The zero-order chi connectivity index (χ0) is 19.6. The number of hydrogen-bond acceptors (Lipinski definition) is 5. The van der Waals surface area contributed by atoms with Crippen molar-refractivity contribution >= 4 is 29.3 Å². The van der Waals surface area contributed by atoms with Gasteiger partial charge in [0, 0.05) is 39.4 Å². The van der Waals surface area contributed by atoms with E-state index >= 15 is 0 Å². The number of carbonyl (C=O) groups is 1. The number of fused-ring (bicyclic) bond motifs is 1. The third kappa shape index (κ3) is 4.16. The molecule has 0 unspecified atom stereocenters. The average molecular weight is 414 g/mol. The molecule has 2 aromatic heterocycles. The first-order valence-electron chi connectivity index (χ1n) is 9.10. The molecular weight excluding hydrogens is 386 g/mol. The van der Waals surface area contributed by atoms with Crippen LogP contribution in [0.4, 0.5) is 0 Å². The van der Waals surface area contributed by atoms with E-state index in [1.54, 1.807) is 31.0 Å². The third-order valence-corrected chi connectivity index (χ3v) is 5.45. The number of piperidine rings is 1. The first kappa shape index (κ1) is 22.2. The molecule has 1 fully saturated rings. The Morgan fingerprint density at radius 3 is 2.57 bits per heavy atom. The molecule has 1 aliphatic heterocycles. The smallest absolute Gasteiger partial charge is 0.332 e. The van der Waals surface area contributed by atoms with E-state index in [2.05, 4.69) is 10.6 Å². The lowest BCUT2D eigenvalue weighted by molar-refractivity contribution is -0.122. The molecule has 1 amide bonds. The lowest BCUT2D eigenvalue weighted by Gasteiger charge is -2.37. The van der Waals surface area contributed by atoms with Crippen LogP contribution in [0.1, 0.15) is 12.8 Å². The molecule has 3 heterocycles. The summed E-state index contributed by atoms with van der Waals surface area (Å²) in [5.74, 6) is -0.158. The first-order valence-corrected chi connectivity index (χ1v) is 9.10. The fourth-order valence-electron chi connectivity index (χ4n) is 3.85. The van der Waals surface area contributed by atoms with E-state index in [-0.39, 0.29) is 35.8 Å². The summed E-state index contributed by atoms with van der Waals surface area (Å²) in [5.41, 5.74) is -0.383. The highest BCUT2D eigenvalue weighted by atomic mass is 35.5. The van der Waals surface area contributed by atoms with Gasteiger partial charge in [-0.3, -0.25) is 18.7 Å². The van der Waals surface area contributed by atoms with Gasteiger partial charge < -0.3 is 19.9 Å². The topological polar surface area (TPSA) is 99.3 Å². The first-order chi connectivity index (χ1) is 12.9. The molecule has 1 aliphatic rings. The third-order valence-electron chi connectivity index (χ3n) is 5.45. The average Bonchev–Trinajstić information content (AvgIpc) is 3.08. The van der Waals surface area contributed by atoms with Crippen LogP contribution in [-0.4, -0.2) is 53.0 Å². The summed E-state index contributed by atoms with van der Waals surface area (Å²) in [5, 5.41) is 6.75. The molecule has 2 N–H and O–H groups in total. The predicted molar refractivity (Wildman–Crippen MR) is 109 cm³/mol. The van der Waals surface area contributed by atoms with Gasteiger partial charge in [-0.25, -0.2) is 4.79 Å². The highest BCUT2D eigenvalue weighted by Crippen LogP contribution is 2.28. The Labute approximate surface area is 169 Å². The molecule has 0 spiro atoms. The second kappa shape index (κ2) is 8.93. The highest BCUT2D eigenvalue weighted by molar-refractivity contribution is 5.85. The van der Waals surface area contributed by atoms with Crippen LogP contribution in [0.25, 0.3) is 11.0 Å². The zero-order valence-electron chi connectivity index (χ0n) is 16.5. The largest absolute Gasteiger partial charge is 0.384 e. The normalized spacial score (nSPS) is 16.0. The van der Waals surface area contributed by atoms with E-state index in [1.807, 2.05) is 0 Å². The SMILES string of the molecule is COCC1(CNC(=O)Cn2ccc3c(=O)n(C)c(=O)n(C)c32)CCNCC1.Cl. The number of ether oxygens (including phenoxy) is 1. The molecule has 9 nitrogen and oxygen atoms in total. The minimum Gasteiger partial charge on any atom is -0.384 e. The van der Waals surface area contributed by atoms with Gasteiger partial charge in [-0.15, -0.1) is 12.4 Å². The maximum Gasteiger partial charge on any atom is 0.332 e. The highest BCUT2D eigenvalue weighted by Gasteiger charge is 2.32. The number of amides is 1. The van der Waals surface area contributed by atoms with E-state index in [1.165, 1.54) is 11.6 Å². The van der Waals surface area contributed by atoms with Crippen molar-refractivity contribution in [2.75, 3.05) is 33.4 Å². The monoisotopic (exact) mass is 413 g/mol. The zero-order valence-corrected chi connectivity index (χ0v) is 17.3. The fraction of sp³-hybridized carbons (Fsp3) is 0.611. The summed E-state index contributed by atoms with van der Waals surface area (Å²) in [6.45, 7) is 3.01. The molecule has 0 radical (unpaired) electrons. The van der Waals surface area contributed by atoms with Gasteiger partial charge in [0.15, 0.2) is 0 Å². The van der Waals surface area contributed by atoms with Gasteiger partial charge in [0.05, 0.1) is 12.0 Å². The van der Waals surface area contributed by atoms with Crippen molar-refractivity contribution in [1.29, 1.82) is 0 Å². The fourth-order valence-corrected chi connectivity index (χ4v) is 3.85. The van der Waals surface area contributed by atoms with E-state index in [9.17, 15) is 14.4 Å². The van der Waals surface area contributed by atoms with Crippen LogP contribution < -0.4 is 21.9 Å². The summed E-state index contributed by atoms with van der Waals surface area (Å²) in [6, 6.07) is 1.64. The Hall–Kier alpha value is -2.10. The summed E-state index contributed by atoms with van der Waals surface area (Å²) in [7, 11) is 4.72. The Bertz CT molecular complexity index is 950. The quantitative estimate of drug-likeness (QED) is 0.671. The molecule has 10 heteroatoms. The lowest BCUT2D eigenvalue weighted by atomic mass is 9.79. The summed E-state index contributed by atoms with van der Waals surface area (Å²) in [4.78, 5) is 37.0. The molecule has 2 aromatic rings. The van der Waals surface area contributed by atoms with Gasteiger partial charge in [0.25, 0.3) is 5.56 Å². The van der Waals surface area contributed by atoms with E-state index < -0.39 is 5.69 Å². The molecule has 1 saturated heterocycles. The number of halogens is 1. The molecule has 0 atom stereocenters. The Kier molecular flexibility index (Phi) is 7.08. The van der Waals surface area contributed by atoms with Crippen molar-refractivity contribution in [3.63, 3.8) is 0 Å². The van der Waals surface area contributed by atoms with Gasteiger partial charge in [-0.05, 0) is 32.0 Å². The van der Waals surface area contributed by atoms with Crippen molar-refractivity contribution in [3.05, 3.63) is 33.1 Å². The Balaban J connectivity index is 0.00000280. The van der Waals surface area contributed by atoms with Gasteiger partial charge >= 0.3 is 5.69 Å². The van der Waals surface area contributed by atoms with E-state index in [0.29, 0.717) is 24.2 Å². The van der Waals surface area contributed by atoms with Crippen LogP contribution in [-0.2, 0) is 30.2 Å². The predicted octanol–water partition coefficient (Wildman–Crippen LogP) is -0.407. The maximum atomic E-state index is 12.5. The number of aromatic nitrogens is 3.